The molecule has 0 radical (unpaired) electrons. The summed E-state index contributed by atoms with van der Waals surface area (Å²) in [6.45, 7) is 4.75. The van der Waals surface area contributed by atoms with Crippen LogP contribution in [0, 0.1) is 5.92 Å². The Balaban J connectivity index is 1.57. The number of amidine groups is 1. The van der Waals surface area contributed by atoms with E-state index in [1.54, 1.807) is 0 Å². The lowest BCUT2D eigenvalue weighted by molar-refractivity contribution is 0.132. The van der Waals surface area contributed by atoms with Gasteiger partial charge >= 0.3 is 0 Å². The van der Waals surface area contributed by atoms with E-state index in [0.29, 0.717) is 6.04 Å². The van der Waals surface area contributed by atoms with E-state index in [-0.39, 0.29) is 0 Å². The molecule has 1 heterocycles. The quantitative estimate of drug-likeness (QED) is 0.725. The second-order valence-corrected chi connectivity index (χ2v) is 5.68. The monoisotopic (exact) mass is 242 g/mol. The van der Waals surface area contributed by atoms with Gasteiger partial charge in [0.25, 0.3) is 0 Å². The van der Waals surface area contributed by atoms with Crippen molar-refractivity contribution in [2.75, 3.05) is 25.5 Å². The van der Waals surface area contributed by atoms with E-state index < -0.39 is 0 Å². The third kappa shape index (κ3) is 4.34. The van der Waals surface area contributed by atoms with Gasteiger partial charge in [-0.25, -0.2) is 0 Å². The van der Waals surface area contributed by atoms with E-state index in [4.69, 9.17) is 4.74 Å². The van der Waals surface area contributed by atoms with E-state index in [1.165, 1.54) is 31.4 Å². The summed E-state index contributed by atoms with van der Waals surface area (Å²) >= 11 is 1.84. The zero-order chi connectivity index (χ0) is 11.2. The molecule has 0 spiro atoms. The maximum Gasteiger partial charge on any atom is 0.156 e. The molecule has 1 saturated carbocycles. The van der Waals surface area contributed by atoms with Crippen LogP contribution < -0.4 is 5.32 Å². The molecule has 1 N–H and O–H groups in total. The fourth-order valence-electron chi connectivity index (χ4n) is 1.73. The highest BCUT2D eigenvalue weighted by Crippen LogP contribution is 2.28. The molecule has 0 amide bonds. The van der Waals surface area contributed by atoms with Crippen LogP contribution in [0.1, 0.15) is 32.6 Å². The zero-order valence-corrected chi connectivity index (χ0v) is 10.9. The third-order valence-corrected chi connectivity index (χ3v) is 4.03. The maximum atomic E-state index is 5.56. The Labute approximate surface area is 102 Å². The molecule has 1 atom stereocenters. The Morgan fingerprint density at radius 1 is 1.44 bits per heavy atom. The number of ether oxygens (including phenoxy) is 1. The minimum absolute atomic E-state index is 0.632. The van der Waals surface area contributed by atoms with E-state index in [2.05, 4.69) is 17.2 Å². The predicted molar refractivity (Wildman–Crippen MR) is 70.1 cm³/mol. The van der Waals surface area contributed by atoms with Crippen LogP contribution in [0.2, 0.25) is 0 Å². The molecular formula is C12H22N2OS. The van der Waals surface area contributed by atoms with Gasteiger partial charge in [-0.15, -0.1) is 0 Å². The highest BCUT2D eigenvalue weighted by Gasteiger charge is 2.20. The van der Waals surface area contributed by atoms with Gasteiger partial charge in [0.1, 0.15) is 0 Å². The lowest BCUT2D eigenvalue weighted by Gasteiger charge is -2.24. The SMILES string of the molecule is CCC1CCSC(=NCCOCC2CC2)N1. The van der Waals surface area contributed by atoms with Crippen molar-refractivity contribution >= 4 is 16.9 Å². The van der Waals surface area contributed by atoms with Crippen molar-refractivity contribution in [3.05, 3.63) is 0 Å². The normalized spacial score (nSPS) is 28.1. The van der Waals surface area contributed by atoms with Crippen LogP contribution in [0.3, 0.4) is 0 Å². The summed E-state index contributed by atoms with van der Waals surface area (Å²) in [6, 6.07) is 0.632. The van der Waals surface area contributed by atoms with Gasteiger partial charge in [0, 0.05) is 18.4 Å². The van der Waals surface area contributed by atoms with Crippen molar-refractivity contribution < 1.29 is 4.74 Å². The van der Waals surface area contributed by atoms with E-state index >= 15 is 0 Å². The minimum Gasteiger partial charge on any atom is -0.379 e. The van der Waals surface area contributed by atoms with Crippen LogP contribution in [0.5, 0.6) is 0 Å². The van der Waals surface area contributed by atoms with Gasteiger partial charge in [-0.05, 0) is 31.6 Å². The molecule has 2 aliphatic rings. The number of rotatable bonds is 6. The van der Waals surface area contributed by atoms with E-state index in [0.717, 1.165) is 30.8 Å². The number of nitrogens with one attached hydrogen (secondary N) is 1. The van der Waals surface area contributed by atoms with Crippen molar-refractivity contribution in [1.82, 2.24) is 5.32 Å². The Morgan fingerprint density at radius 3 is 3.06 bits per heavy atom. The summed E-state index contributed by atoms with van der Waals surface area (Å²) in [5.41, 5.74) is 0. The third-order valence-electron chi connectivity index (χ3n) is 3.07. The molecular weight excluding hydrogens is 220 g/mol. The van der Waals surface area contributed by atoms with Crippen molar-refractivity contribution in [1.29, 1.82) is 0 Å². The molecule has 0 aromatic heterocycles. The summed E-state index contributed by atoms with van der Waals surface area (Å²) in [5.74, 6) is 2.06. The molecule has 0 aromatic carbocycles. The number of hydrogen-bond donors (Lipinski definition) is 1. The molecule has 1 aliphatic carbocycles. The number of thioether (sulfide) groups is 1. The standard InChI is InChI=1S/C12H22N2OS/c1-2-11-5-8-16-12(14-11)13-6-7-15-9-10-3-4-10/h10-11H,2-9H2,1H3,(H,13,14). The van der Waals surface area contributed by atoms with Crippen molar-refractivity contribution in [2.45, 2.75) is 38.6 Å². The summed E-state index contributed by atoms with van der Waals surface area (Å²) in [4.78, 5) is 4.54. The van der Waals surface area contributed by atoms with Crippen molar-refractivity contribution in [3.8, 4) is 0 Å². The van der Waals surface area contributed by atoms with Gasteiger partial charge in [-0.3, -0.25) is 4.99 Å². The van der Waals surface area contributed by atoms with Gasteiger partial charge < -0.3 is 10.1 Å². The van der Waals surface area contributed by atoms with Gasteiger partial charge in [0.2, 0.25) is 0 Å². The van der Waals surface area contributed by atoms with Crippen LogP contribution in [0.15, 0.2) is 4.99 Å². The smallest absolute Gasteiger partial charge is 0.156 e. The first-order valence-corrected chi connectivity index (χ1v) is 7.38. The highest BCUT2D eigenvalue weighted by atomic mass is 32.2. The summed E-state index contributed by atoms with van der Waals surface area (Å²) in [5, 5.41) is 4.59. The van der Waals surface area contributed by atoms with E-state index in [1.807, 2.05) is 11.8 Å². The van der Waals surface area contributed by atoms with Gasteiger partial charge in [0.05, 0.1) is 13.2 Å². The summed E-state index contributed by atoms with van der Waals surface area (Å²) in [7, 11) is 0. The predicted octanol–water partition coefficient (Wildman–Crippen LogP) is 2.27. The molecule has 2 fully saturated rings. The molecule has 0 aromatic rings. The highest BCUT2D eigenvalue weighted by molar-refractivity contribution is 8.13. The van der Waals surface area contributed by atoms with Crippen LogP contribution >= 0.6 is 11.8 Å². The molecule has 3 nitrogen and oxygen atoms in total. The van der Waals surface area contributed by atoms with Crippen molar-refractivity contribution in [3.63, 3.8) is 0 Å². The second kappa shape index (κ2) is 6.50. The minimum atomic E-state index is 0.632. The van der Waals surface area contributed by atoms with Gasteiger partial charge in [-0.2, -0.15) is 0 Å². The topological polar surface area (TPSA) is 33.6 Å². The summed E-state index contributed by atoms with van der Waals surface area (Å²) < 4.78 is 5.56. The van der Waals surface area contributed by atoms with Crippen LogP contribution in [-0.2, 0) is 4.74 Å². The first kappa shape index (κ1) is 12.2. The largest absolute Gasteiger partial charge is 0.379 e. The second-order valence-electron chi connectivity index (χ2n) is 4.59. The van der Waals surface area contributed by atoms with Crippen LogP contribution in [-0.4, -0.2) is 36.7 Å². The van der Waals surface area contributed by atoms with Gasteiger partial charge in [-0.1, -0.05) is 18.7 Å². The van der Waals surface area contributed by atoms with Crippen LogP contribution in [0.4, 0.5) is 0 Å². The molecule has 4 heteroatoms. The Bertz CT molecular complexity index is 241. The summed E-state index contributed by atoms with van der Waals surface area (Å²) in [6.07, 6.45) is 5.18. The lowest BCUT2D eigenvalue weighted by Crippen LogP contribution is -2.37. The molecule has 1 saturated heterocycles. The first-order chi connectivity index (χ1) is 7.88. The molecule has 16 heavy (non-hydrogen) atoms. The average Bonchev–Trinajstić information content (AvgIpc) is 3.13. The molecule has 92 valence electrons. The molecule has 1 aliphatic heterocycles. The van der Waals surface area contributed by atoms with E-state index in [9.17, 15) is 0 Å². The fraction of sp³-hybridized carbons (Fsp3) is 0.917. The fourth-order valence-corrected chi connectivity index (χ4v) is 2.76. The molecule has 0 bridgehead atoms. The number of nitrogens with zero attached hydrogens (tertiary/aromatic N) is 1. The average molecular weight is 242 g/mol. The first-order valence-electron chi connectivity index (χ1n) is 6.40. The molecule has 1 unspecified atom stereocenters. The Hall–Kier alpha value is -0.220. The lowest BCUT2D eigenvalue weighted by atomic mass is 10.2. The van der Waals surface area contributed by atoms with Crippen LogP contribution in [0.25, 0.3) is 0 Å². The number of aliphatic imine (C=N–C) groups is 1. The molecule has 2 rings (SSSR count). The Kier molecular flexibility index (Phi) is 4.97. The zero-order valence-electron chi connectivity index (χ0n) is 10.1. The van der Waals surface area contributed by atoms with Crippen molar-refractivity contribution in [2.24, 2.45) is 10.9 Å². The number of hydrogen-bond acceptors (Lipinski definition) is 3. The van der Waals surface area contributed by atoms with Gasteiger partial charge in [0.15, 0.2) is 5.17 Å². The maximum absolute atomic E-state index is 5.56. The Morgan fingerprint density at radius 2 is 2.31 bits per heavy atom.